The van der Waals surface area contributed by atoms with E-state index < -0.39 is 0 Å². The summed E-state index contributed by atoms with van der Waals surface area (Å²) in [6.07, 6.45) is 2.50. The molecule has 28 heavy (non-hydrogen) atoms. The molecular weight excluding hydrogens is 354 g/mol. The van der Waals surface area contributed by atoms with Crippen molar-refractivity contribution < 1.29 is 19.1 Å². The Kier molecular flexibility index (Phi) is 7.06. The maximum atomic E-state index is 13.0. The molecule has 0 aromatic heterocycles. The van der Waals surface area contributed by atoms with Gasteiger partial charge < -0.3 is 14.4 Å². The molecule has 1 aliphatic rings. The maximum Gasteiger partial charge on any atom is 0.307 e. The zero-order valence-corrected chi connectivity index (χ0v) is 16.3. The molecule has 1 amide bonds. The van der Waals surface area contributed by atoms with Crippen LogP contribution in [0.3, 0.4) is 0 Å². The van der Waals surface area contributed by atoms with Gasteiger partial charge in [0.2, 0.25) is 0 Å². The van der Waals surface area contributed by atoms with E-state index in [4.69, 9.17) is 9.47 Å². The normalized spacial score (nSPS) is 13.0. The van der Waals surface area contributed by atoms with Crippen LogP contribution < -0.4 is 4.74 Å². The van der Waals surface area contributed by atoms with Crippen LogP contribution in [0.15, 0.2) is 54.6 Å². The van der Waals surface area contributed by atoms with Crippen LogP contribution in [0.2, 0.25) is 0 Å². The van der Waals surface area contributed by atoms with Crippen LogP contribution in [0.5, 0.6) is 5.75 Å². The van der Waals surface area contributed by atoms with Crippen LogP contribution in [0, 0.1) is 5.92 Å². The first-order chi connectivity index (χ1) is 13.7. The van der Waals surface area contributed by atoms with Crippen molar-refractivity contribution in [3.8, 4) is 5.75 Å². The van der Waals surface area contributed by atoms with Gasteiger partial charge in [0.25, 0.3) is 5.91 Å². The van der Waals surface area contributed by atoms with Crippen LogP contribution in [-0.2, 0) is 16.1 Å². The van der Waals surface area contributed by atoms with E-state index >= 15 is 0 Å². The average molecular weight is 381 g/mol. The van der Waals surface area contributed by atoms with Gasteiger partial charge in [0.15, 0.2) is 0 Å². The third-order valence-electron chi connectivity index (χ3n) is 4.68. The highest BCUT2D eigenvalue weighted by Gasteiger charge is 2.27. The zero-order valence-electron chi connectivity index (χ0n) is 16.3. The minimum Gasteiger partial charge on any atom is -0.489 e. The van der Waals surface area contributed by atoms with Crippen LogP contribution >= 0.6 is 0 Å². The van der Waals surface area contributed by atoms with Gasteiger partial charge in [0.05, 0.1) is 13.0 Å². The van der Waals surface area contributed by atoms with E-state index in [1.165, 1.54) is 0 Å². The van der Waals surface area contributed by atoms with E-state index in [-0.39, 0.29) is 18.3 Å². The Bertz CT molecular complexity index is 786. The molecule has 0 spiro atoms. The molecule has 2 aromatic rings. The number of hydrogen-bond acceptors (Lipinski definition) is 4. The molecule has 1 saturated carbocycles. The molecule has 0 aliphatic heterocycles. The van der Waals surface area contributed by atoms with Crippen molar-refractivity contribution in [2.75, 3.05) is 19.7 Å². The molecule has 1 fully saturated rings. The van der Waals surface area contributed by atoms with Crippen molar-refractivity contribution in [2.24, 2.45) is 5.92 Å². The third kappa shape index (κ3) is 6.12. The number of amides is 1. The number of hydrogen-bond donors (Lipinski definition) is 0. The summed E-state index contributed by atoms with van der Waals surface area (Å²) in [6, 6.07) is 17.2. The second-order valence-corrected chi connectivity index (χ2v) is 7.05. The SMILES string of the molecule is CCOC(=O)CCN(CC1CC1)C(=O)c1cccc(OCc2ccccc2)c1. The number of nitrogens with zero attached hydrogens (tertiary/aromatic N) is 1. The minimum absolute atomic E-state index is 0.0682. The lowest BCUT2D eigenvalue weighted by Crippen LogP contribution is -2.35. The van der Waals surface area contributed by atoms with Gasteiger partial charge in [-0.15, -0.1) is 0 Å². The van der Waals surface area contributed by atoms with Crippen LogP contribution in [0.4, 0.5) is 0 Å². The summed E-state index contributed by atoms with van der Waals surface area (Å²) in [5, 5.41) is 0. The Balaban J connectivity index is 1.63. The predicted octanol–water partition coefficient (Wildman–Crippen LogP) is 4.07. The second kappa shape index (κ2) is 9.93. The number of carbonyl (C=O) groups is 2. The van der Waals surface area contributed by atoms with Gasteiger partial charge in [-0.1, -0.05) is 36.4 Å². The first-order valence-electron chi connectivity index (χ1n) is 9.87. The summed E-state index contributed by atoms with van der Waals surface area (Å²) < 4.78 is 10.8. The summed E-state index contributed by atoms with van der Waals surface area (Å²) >= 11 is 0. The molecule has 0 heterocycles. The highest BCUT2D eigenvalue weighted by atomic mass is 16.5. The van der Waals surface area contributed by atoms with Crippen molar-refractivity contribution in [3.63, 3.8) is 0 Å². The Morgan fingerprint density at radius 1 is 1.07 bits per heavy atom. The molecule has 1 aliphatic carbocycles. The van der Waals surface area contributed by atoms with E-state index in [1.807, 2.05) is 42.5 Å². The average Bonchev–Trinajstić information content (AvgIpc) is 3.54. The van der Waals surface area contributed by atoms with E-state index in [0.29, 0.717) is 43.5 Å². The number of rotatable bonds is 10. The fraction of sp³-hybridized carbons (Fsp3) is 0.391. The molecule has 0 radical (unpaired) electrons. The summed E-state index contributed by atoms with van der Waals surface area (Å²) in [4.78, 5) is 26.5. The van der Waals surface area contributed by atoms with E-state index in [2.05, 4.69) is 0 Å². The Morgan fingerprint density at radius 2 is 1.86 bits per heavy atom. The van der Waals surface area contributed by atoms with Gasteiger partial charge in [0, 0.05) is 18.7 Å². The molecule has 0 N–H and O–H groups in total. The summed E-state index contributed by atoms with van der Waals surface area (Å²) in [5.74, 6) is 0.868. The van der Waals surface area contributed by atoms with E-state index in [0.717, 1.165) is 18.4 Å². The monoisotopic (exact) mass is 381 g/mol. The van der Waals surface area contributed by atoms with Crippen molar-refractivity contribution >= 4 is 11.9 Å². The smallest absolute Gasteiger partial charge is 0.307 e. The van der Waals surface area contributed by atoms with Crippen LogP contribution in [0.1, 0.15) is 42.1 Å². The molecule has 148 valence electrons. The summed E-state index contributed by atoms with van der Waals surface area (Å²) in [5.41, 5.74) is 1.65. The lowest BCUT2D eigenvalue weighted by molar-refractivity contribution is -0.143. The molecule has 2 aromatic carbocycles. The number of carbonyl (C=O) groups excluding carboxylic acids is 2. The summed E-state index contributed by atoms with van der Waals surface area (Å²) in [7, 11) is 0. The fourth-order valence-corrected chi connectivity index (χ4v) is 2.99. The van der Waals surface area contributed by atoms with Gasteiger partial charge in [-0.25, -0.2) is 0 Å². The van der Waals surface area contributed by atoms with Crippen molar-refractivity contribution in [1.82, 2.24) is 4.90 Å². The lowest BCUT2D eigenvalue weighted by atomic mass is 10.1. The van der Waals surface area contributed by atoms with Crippen molar-refractivity contribution in [2.45, 2.75) is 32.8 Å². The highest BCUT2D eigenvalue weighted by molar-refractivity contribution is 5.94. The molecular formula is C23H27NO4. The van der Waals surface area contributed by atoms with Gasteiger partial charge in [-0.2, -0.15) is 0 Å². The molecule has 3 rings (SSSR count). The molecule has 5 nitrogen and oxygen atoms in total. The van der Waals surface area contributed by atoms with Gasteiger partial charge in [-0.3, -0.25) is 9.59 Å². The first-order valence-corrected chi connectivity index (χ1v) is 9.87. The molecule has 0 atom stereocenters. The fourth-order valence-electron chi connectivity index (χ4n) is 2.99. The molecule has 0 saturated heterocycles. The first kappa shape index (κ1) is 19.9. The Morgan fingerprint density at radius 3 is 2.57 bits per heavy atom. The standard InChI is InChI=1S/C23H27NO4/c1-2-27-22(25)13-14-24(16-18-11-12-18)23(26)20-9-6-10-21(15-20)28-17-19-7-4-3-5-8-19/h3-10,15,18H,2,11-14,16-17H2,1H3. The van der Waals surface area contributed by atoms with Crippen molar-refractivity contribution in [1.29, 1.82) is 0 Å². The van der Waals surface area contributed by atoms with Gasteiger partial charge in [0.1, 0.15) is 12.4 Å². The summed E-state index contributed by atoms with van der Waals surface area (Å²) in [6.45, 7) is 3.66. The number of ether oxygens (including phenoxy) is 2. The van der Waals surface area contributed by atoms with Gasteiger partial charge >= 0.3 is 5.97 Å². The topological polar surface area (TPSA) is 55.8 Å². The number of benzene rings is 2. The quantitative estimate of drug-likeness (QED) is 0.582. The predicted molar refractivity (Wildman–Crippen MR) is 107 cm³/mol. The largest absolute Gasteiger partial charge is 0.489 e. The van der Waals surface area contributed by atoms with Gasteiger partial charge in [-0.05, 0) is 49.4 Å². The molecule has 0 unspecified atom stereocenters. The lowest BCUT2D eigenvalue weighted by Gasteiger charge is -2.22. The van der Waals surface area contributed by atoms with E-state index in [1.54, 1.807) is 24.0 Å². The second-order valence-electron chi connectivity index (χ2n) is 7.05. The maximum absolute atomic E-state index is 13.0. The van der Waals surface area contributed by atoms with E-state index in [9.17, 15) is 9.59 Å². The highest BCUT2D eigenvalue weighted by Crippen LogP contribution is 2.30. The number of esters is 1. The van der Waals surface area contributed by atoms with Crippen LogP contribution in [-0.4, -0.2) is 36.5 Å². The molecule has 5 heteroatoms. The van der Waals surface area contributed by atoms with Crippen LogP contribution in [0.25, 0.3) is 0 Å². The zero-order chi connectivity index (χ0) is 19.8. The Labute approximate surface area is 166 Å². The Hall–Kier alpha value is -2.82. The third-order valence-corrected chi connectivity index (χ3v) is 4.68. The molecule has 0 bridgehead atoms. The minimum atomic E-state index is -0.268. The van der Waals surface area contributed by atoms with Crippen molar-refractivity contribution in [3.05, 3.63) is 65.7 Å².